The quantitative estimate of drug-likeness (QED) is 0.823. The van der Waals surface area contributed by atoms with Gasteiger partial charge in [-0.1, -0.05) is 36.4 Å². The highest BCUT2D eigenvalue weighted by molar-refractivity contribution is 7.80. The number of fused-ring (bicyclic) bond motifs is 3. The zero-order valence-electron chi connectivity index (χ0n) is 11.4. The van der Waals surface area contributed by atoms with Gasteiger partial charge in [0.25, 0.3) is 0 Å². The molecule has 0 fully saturated rings. The number of ketones is 1. The fourth-order valence-electron chi connectivity index (χ4n) is 3.15. The highest BCUT2D eigenvalue weighted by Crippen LogP contribution is 2.38. The lowest BCUT2D eigenvalue weighted by atomic mass is 9.87. The number of hydrogen-bond donors (Lipinski definition) is 1. The number of aliphatic imine (C=N–C) groups is 1. The zero-order chi connectivity index (χ0) is 15.3. The largest absolute Gasteiger partial charge is 0.353 e. The molecule has 2 unspecified atom stereocenters. The normalized spacial score (nSPS) is 22.7. The molecule has 0 saturated heterocycles. The van der Waals surface area contributed by atoms with Crippen molar-refractivity contribution in [3.63, 3.8) is 0 Å². The first kappa shape index (κ1) is 13.3. The van der Waals surface area contributed by atoms with Crippen LogP contribution in [0.25, 0.3) is 0 Å². The standard InChI is InChI=1S/C17H11FN2OS/c18-10-5-3-4-9(8-10)14-13-15(20-17(22)19-14)11-6-1-2-7-12(11)16(13)21/h1-8,13-14H,(H,19,22). The third kappa shape index (κ3) is 1.89. The number of thiocarbonyl (C=S) groups is 1. The molecule has 0 amide bonds. The number of carbonyl (C=O) groups is 1. The second-order valence-corrected chi connectivity index (χ2v) is 5.75. The van der Waals surface area contributed by atoms with Crippen molar-refractivity contribution in [3.8, 4) is 0 Å². The van der Waals surface area contributed by atoms with E-state index in [4.69, 9.17) is 12.2 Å². The van der Waals surface area contributed by atoms with Gasteiger partial charge in [0, 0.05) is 11.1 Å². The van der Waals surface area contributed by atoms with Crippen molar-refractivity contribution < 1.29 is 9.18 Å². The Morgan fingerprint density at radius 1 is 1.09 bits per heavy atom. The van der Waals surface area contributed by atoms with Crippen molar-refractivity contribution in [1.29, 1.82) is 0 Å². The van der Waals surface area contributed by atoms with Crippen molar-refractivity contribution in [2.24, 2.45) is 10.9 Å². The van der Waals surface area contributed by atoms with Gasteiger partial charge in [0.05, 0.1) is 17.7 Å². The lowest BCUT2D eigenvalue weighted by Crippen LogP contribution is -2.41. The average Bonchev–Trinajstić information content (AvgIpc) is 2.80. The molecule has 108 valence electrons. The molecule has 1 N–H and O–H groups in total. The third-order valence-corrected chi connectivity index (χ3v) is 4.30. The molecule has 0 saturated carbocycles. The molecule has 2 aliphatic rings. The average molecular weight is 310 g/mol. The fourth-order valence-corrected chi connectivity index (χ4v) is 3.38. The van der Waals surface area contributed by atoms with E-state index in [1.165, 1.54) is 12.1 Å². The Morgan fingerprint density at radius 3 is 2.64 bits per heavy atom. The minimum absolute atomic E-state index is 0.00129. The number of nitrogens with one attached hydrogen (secondary N) is 1. The van der Waals surface area contributed by atoms with Gasteiger partial charge in [-0.2, -0.15) is 0 Å². The summed E-state index contributed by atoms with van der Waals surface area (Å²) in [5, 5.41) is 3.38. The summed E-state index contributed by atoms with van der Waals surface area (Å²) in [6.45, 7) is 0. The van der Waals surface area contributed by atoms with E-state index in [1.807, 2.05) is 18.2 Å². The summed E-state index contributed by atoms with van der Waals surface area (Å²) in [4.78, 5) is 17.1. The van der Waals surface area contributed by atoms with Crippen LogP contribution in [0.2, 0.25) is 0 Å². The summed E-state index contributed by atoms with van der Waals surface area (Å²) in [7, 11) is 0. The Balaban J connectivity index is 1.87. The molecular weight excluding hydrogens is 299 g/mol. The van der Waals surface area contributed by atoms with Crippen LogP contribution in [0.4, 0.5) is 4.39 Å². The highest BCUT2D eigenvalue weighted by atomic mass is 32.1. The molecule has 2 aromatic rings. The molecule has 1 aliphatic carbocycles. The maximum absolute atomic E-state index is 13.5. The van der Waals surface area contributed by atoms with E-state index in [-0.39, 0.29) is 11.6 Å². The minimum Gasteiger partial charge on any atom is -0.353 e. The SMILES string of the molecule is O=C1c2ccccc2C2=NC(=S)NC(c3cccc(F)c3)C12. The zero-order valence-corrected chi connectivity index (χ0v) is 12.2. The van der Waals surface area contributed by atoms with Crippen LogP contribution in [0.15, 0.2) is 53.5 Å². The Labute approximate surface area is 131 Å². The Bertz CT molecular complexity index is 846. The second-order valence-electron chi connectivity index (χ2n) is 5.37. The van der Waals surface area contributed by atoms with Crippen molar-refractivity contribution in [2.75, 3.05) is 0 Å². The van der Waals surface area contributed by atoms with Gasteiger partial charge in [0.15, 0.2) is 10.9 Å². The van der Waals surface area contributed by atoms with Crippen molar-refractivity contribution in [1.82, 2.24) is 5.32 Å². The van der Waals surface area contributed by atoms with E-state index in [9.17, 15) is 9.18 Å². The van der Waals surface area contributed by atoms with Gasteiger partial charge >= 0.3 is 0 Å². The summed E-state index contributed by atoms with van der Waals surface area (Å²) in [6, 6.07) is 13.2. The number of hydrogen-bond acceptors (Lipinski definition) is 2. The van der Waals surface area contributed by atoms with Crippen LogP contribution in [-0.2, 0) is 0 Å². The number of carbonyl (C=O) groups excluding carboxylic acids is 1. The van der Waals surface area contributed by atoms with Gasteiger partial charge in [-0.15, -0.1) is 0 Å². The van der Waals surface area contributed by atoms with E-state index < -0.39 is 12.0 Å². The number of Topliss-reactive ketones (excluding diaryl/α,β-unsaturated/α-hetero) is 1. The lowest BCUT2D eigenvalue weighted by Gasteiger charge is -2.29. The smallest absolute Gasteiger partial charge is 0.193 e. The Morgan fingerprint density at radius 2 is 1.86 bits per heavy atom. The van der Waals surface area contributed by atoms with Crippen LogP contribution < -0.4 is 5.32 Å². The van der Waals surface area contributed by atoms with Gasteiger partial charge in [0.2, 0.25) is 0 Å². The Kier molecular flexibility index (Phi) is 2.90. The van der Waals surface area contributed by atoms with E-state index in [0.717, 1.165) is 5.56 Å². The van der Waals surface area contributed by atoms with Crippen LogP contribution in [-0.4, -0.2) is 16.6 Å². The number of halogens is 1. The first-order valence-corrected chi connectivity index (χ1v) is 7.34. The fraction of sp³-hybridized carbons (Fsp3) is 0.118. The summed E-state index contributed by atoms with van der Waals surface area (Å²) >= 11 is 5.20. The van der Waals surface area contributed by atoms with Crippen molar-refractivity contribution in [2.45, 2.75) is 6.04 Å². The van der Waals surface area contributed by atoms with Gasteiger partial charge < -0.3 is 5.32 Å². The molecule has 1 heterocycles. The maximum Gasteiger partial charge on any atom is 0.193 e. The predicted molar refractivity (Wildman–Crippen MR) is 85.7 cm³/mol. The van der Waals surface area contributed by atoms with Crippen LogP contribution >= 0.6 is 12.2 Å². The minimum atomic E-state index is -0.467. The van der Waals surface area contributed by atoms with Gasteiger partial charge in [-0.05, 0) is 29.9 Å². The van der Waals surface area contributed by atoms with Crippen LogP contribution in [0, 0.1) is 11.7 Å². The van der Waals surface area contributed by atoms with Crippen LogP contribution in [0.1, 0.15) is 27.5 Å². The predicted octanol–water partition coefficient (Wildman–Crippen LogP) is 3.06. The van der Waals surface area contributed by atoms with E-state index >= 15 is 0 Å². The van der Waals surface area contributed by atoms with Gasteiger partial charge in [-0.25, -0.2) is 9.38 Å². The number of rotatable bonds is 1. The second kappa shape index (κ2) is 4.81. The molecule has 22 heavy (non-hydrogen) atoms. The maximum atomic E-state index is 13.5. The molecule has 1 aliphatic heterocycles. The van der Waals surface area contributed by atoms with Gasteiger partial charge in [0.1, 0.15) is 5.82 Å². The van der Waals surface area contributed by atoms with E-state index in [1.54, 1.807) is 18.2 Å². The molecule has 5 heteroatoms. The summed E-state index contributed by atoms with van der Waals surface area (Å²) < 4.78 is 13.5. The summed E-state index contributed by atoms with van der Waals surface area (Å²) in [5.74, 6) is -0.804. The molecule has 0 aromatic heterocycles. The molecule has 2 atom stereocenters. The summed E-state index contributed by atoms with van der Waals surface area (Å²) in [5.41, 5.74) is 2.85. The number of nitrogens with zero attached hydrogens (tertiary/aromatic N) is 1. The van der Waals surface area contributed by atoms with Crippen molar-refractivity contribution >= 4 is 28.8 Å². The van der Waals surface area contributed by atoms with Gasteiger partial charge in [-0.3, -0.25) is 4.79 Å². The first-order valence-electron chi connectivity index (χ1n) is 6.93. The molecule has 0 radical (unpaired) electrons. The molecular formula is C17H11FN2OS. The topological polar surface area (TPSA) is 41.5 Å². The molecule has 2 aromatic carbocycles. The highest BCUT2D eigenvalue weighted by Gasteiger charge is 2.44. The van der Waals surface area contributed by atoms with E-state index in [2.05, 4.69) is 10.3 Å². The van der Waals surface area contributed by atoms with Crippen molar-refractivity contribution in [3.05, 3.63) is 71.0 Å². The number of benzene rings is 2. The molecule has 0 bridgehead atoms. The van der Waals surface area contributed by atoms with E-state index in [0.29, 0.717) is 22.0 Å². The Hall–Kier alpha value is -2.40. The third-order valence-electron chi connectivity index (χ3n) is 4.09. The lowest BCUT2D eigenvalue weighted by molar-refractivity contribution is 0.0944. The monoisotopic (exact) mass is 310 g/mol. The molecule has 3 nitrogen and oxygen atoms in total. The van der Waals surface area contributed by atoms with Crippen LogP contribution in [0.3, 0.4) is 0 Å². The molecule has 0 spiro atoms. The summed E-state index contributed by atoms with van der Waals surface area (Å²) in [6.07, 6.45) is 0. The van der Waals surface area contributed by atoms with Crippen LogP contribution in [0.5, 0.6) is 0 Å². The first-order chi connectivity index (χ1) is 10.6. The molecule has 4 rings (SSSR count).